The van der Waals surface area contributed by atoms with Crippen molar-refractivity contribution in [3.05, 3.63) is 36.8 Å². The zero-order valence-electron chi connectivity index (χ0n) is 6.18. The Labute approximate surface area is 68.5 Å². The lowest BCUT2D eigenvalue weighted by atomic mass is 10.6. The van der Waals surface area contributed by atoms with Crippen LogP contribution in [-0.4, -0.2) is 0 Å². The fraction of sp³-hybridized carbons (Fsp3) is 0. The summed E-state index contributed by atoms with van der Waals surface area (Å²) in [5.74, 6) is 0.929. The van der Waals surface area contributed by atoms with Crippen LogP contribution in [-0.2, 0) is 0 Å². The highest BCUT2D eigenvalue weighted by atomic mass is 16.4. The van der Waals surface area contributed by atoms with Gasteiger partial charge in [-0.05, 0) is 12.1 Å². The van der Waals surface area contributed by atoms with Gasteiger partial charge in [0.1, 0.15) is 0 Å². The van der Waals surface area contributed by atoms with Crippen LogP contribution in [0.4, 0.5) is 11.8 Å². The summed E-state index contributed by atoms with van der Waals surface area (Å²) < 4.78 is 9.86. The Bertz CT molecular complexity index is 312. The molecule has 2 heterocycles. The molecule has 60 valence electrons. The van der Waals surface area contributed by atoms with E-state index in [-0.39, 0.29) is 0 Å². The SMILES string of the molecule is c1coc(N=Nc2ccco2)c1. The van der Waals surface area contributed by atoms with Gasteiger partial charge in [0.05, 0.1) is 12.5 Å². The molecular formula is C8H6N2O2. The van der Waals surface area contributed by atoms with Crippen molar-refractivity contribution in [1.29, 1.82) is 0 Å². The van der Waals surface area contributed by atoms with Gasteiger partial charge in [-0.3, -0.25) is 0 Å². The number of rotatable bonds is 2. The van der Waals surface area contributed by atoms with E-state index < -0.39 is 0 Å². The maximum atomic E-state index is 4.93. The summed E-state index contributed by atoms with van der Waals surface area (Å²) in [7, 11) is 0. The molecule has 0 radical (unpaired) electrons. The van der Waals surface area contributed by atoms with Crippen molar-refractivity contribution in [3.63, 3.8) is 0 Å². The first-order valence-corrected chi connectivity index (χ1v) is 3.44. The largest absolute Gasteiger partial charge is 0.445 e. The zero-order valence-corrected chi connectivity index (χ0v) is 6.18. The molecule has 0 aliphatic carbocycles. The molecule has 12 heavy (non-hydrogen) atoms. The summed E-state index contributed by atoms with van der Waals surface area (Å²) in [5.41, 5.74) is 0. The molecule has 4 nitrogen and oxygen atoms in total. The van der Waals surface area contributed by atoms with Crippen LogP contribution >= 0.6 is 0 Å². The summed E-state index contributed by atoms with van der Waals surface area (Å²) in [5, 5.41) is 7.55. The first kappa shape index (κ1) is 6.84. The maximum Gasteiger partial charge on any atom is 0.238 e. The fourth-order valence-electron chi connectivity index (χ4n) is 0.752. The van der Waals surface area contributed by atoms with Crippen molar-refractivity contribution in [1.82, 2.24) is 0 Å². The third kappa shape index (κ3) is 1.42. The van der Waals surface area contributed by atoms with Crippen LogP contribution in [0, 0.1) is 0 Å². The Kier molecular flexibility index (Phi) is 1.74. The maximum absolute atomic E-state index is 4.93. The second kappa shape index (κ2) is 3.04. The molecule has 2 rings (SSSR count). The predicted octanol–water partition coefficient (Wildman–Crippen LogP) is 3.29. The van der Waals surface area contributed by atoms with Crippen LogP contribution in [0.1, 0.15) is 0 Å². The average Bonchev–Trinajstić information content (AvgIpc) is 2.74. The van der Waals surface area contributed by atoms with Gasteiger partial charge in [0.15, 0.2) is 0 Å². The third-order valence-corrected chi connectivity index (χ3v) is 1.26. The third-order valence-electron chi connectivity index (χ3n) is 1.26. The molecule has 0 amide bonds. The first-order valence-electron chi connectivity index (χ1n) is 3.44. The van der Waals surface area contributed by atoms with Crippen molar-refractivity contribution in [2.45, 2.75) is 0 Å². The molecule has 0 atom stereocenters. The van der Waals surface area contributed by atoms with Crippen LogP contribution in [0.15, 0.2) is 55.9 Å². The zero-order chi connectivity index (χ0) is 8.23. The number of furan rings is 2. The molecule has 0 spiro atoms. The highest BCUT2D eigenvalue weighted by Crippen LogP contribution is 2.17. The first-order chi connectivity index (χ1) is 5.95. The lowest BCUT2D eigenvalue weighted by molar-refractivity contribution is 0.555. The van der Waals surface area contributed by atoms with E-state index in [4.69, 9.17) is 8.83 Å². The lowest BCUT2D eigenvalue weighted by Crippen LogP contribution is -1.51. The summed E-state index contributed by atoms with van der Waals surface area (Å²) in [6.45, 7) is 0. The quantitative estimate of drug-likeness (QED) is 0.636. The van der Waals surface area contributed by atoms with Crippen LogP contribution in [0.3, 0.4) is 0 Å². The second-order valence-corrected chi connectivity index (χ2v) is 2.10. The Balaban J connectivity index is 2.14. The van der Waals surface area contributed by atoms with Gasteiger partial charge in [-0.25, -0.2) is 0 Å². The van der Waals surface area contributed by atoms with Gasteiger partial charge >= 0.3 is 0 Å². The van der Waals surface area contributed by atoms with Crippen LogP contribution < -0.4 is 0 Å². The Morgan fingerprint density at radius 3 is 1.67 bits per heavy atom. The smallest absolute Gasteiger partial charge is 0.238 e. The van der Waals surface area contributed by atoms with Gasteiger partial charge in [0.2, 0.25) is 11.8 Å². The van der Waals surface area contributed by atoms with E-state index in [2.05, 4.69) is 10.2 Å². The minimum Gasteiger partial charge on any atom is -0.445 e. The molecule has 0 fully saturated rings. The van der Waals surface area contributed by atoms with E-state index in [0.29, 0.717) is 11.8 Å². The van der Waals surface area contributed by atoms with Crippen molar-refractivity contribution in [2.24, 2.45) is 10.2 Å². The predicted molar refractivity (Wildman–Crippen MR) is 41.6 cm³/mol. The molecule has 4 heteroatoms. The van der Waals surface area contributed by atoms with Gasteiger partial charge in [-0.15, -0.1) is 10.2 Å². The molecular weight excluding hydrogens is 156 g/mol. The van der Waals surface area contributed by atoms with Gasteiger partial charge in [-0.1, -0.05) is 0 Å². The van der Waals surface area contributed by atoms with E-state index in [9.17, 15) is 0 Å². The molecule has 0 bridgehead atoms. The van der Waals surface area contributed by atoms with Gasteiger partial charge in [0.25, 0.3) is 0 Å². The van der Waals surface area contributed by atoms with Crippen LogP contribution in [0.2, 0.25) is 0 Å². The molecule has 0 aromatic carbocycles. The fourth-order valence-corrected chi connectivity index (χ4v) is 0.752. The molecule has 0 unspecified atom stereocenters. The van der Waals surface area contributed by atoms with E-state index in [0.717, 1.165) is 0 Å². The normalized spacial score (nSPS) is 11.0. The summed E-state index contributed by atoms with van der Waals surface area (Å²) in [4.78, 5) is 0. The Morgan fingerprint density at radius 1 is 0.833 bits per heavy atom. The van der Waals surface area contributed by atoms with Crippen molar-refractivity contribution in [3.8, 4) is 0 Å². The molecule has 0 aliphatic heterocycles. The summed E-state index contributed by atoms with van der Waals surface area (Å²) >= 11 is 0. The highest BCUT2D eigenvalue weighted by Gasteiger charge is 1.92. The minimum absolute atomic E-state index is 0.464. The molecule has 0 saturated heterocycles. The highest BCUT2D eigenvalue weighted by molar-refractivity contribution is 5.24. The molecule has 0 aliphatic rings. The number of nitrogens with zero attached hydrogens (tertiary/aromatic N) is 2. The number of hydrogen-bond acceptors (Lipinski definition) is 4. The molecule has 0 N–H and O–H groups in total. The van der Waals surface area contributed by atoms with Gasteiger partial charge < -0.3 is 8.83 Å². The van der Waals surface area contributed by atoms with Gasteiger partial charge in [-0.2, -0.15) is 0 Å². The standard InChI is InChI=1S/C8H6N2O2/c1-3-7(11-5-1)9-10-8-4-2-6-12-8/h1-6H. The van der Waals surface area contributed by atoms with Crippen LogP contribution in [0.25, 0.3) is 0 Å². The number of azo groups is 1. The summed E-state index contributed by atoms with van der Waals surface area (Å²) in [6, 6.07) is 6.92. The van der Waals surface area contributed by atoms with Gasteiger partial charge in [0, 0.05) is 12.1 Å². The topological polar surface area (TPSA) is 51.0 Å². The Hall–Kier alpha value is -1.84. The summed E-state index contributed by atoms with van der Waals surface area (Å²) in [6.07, 6.45) is 3.08. The van der Waals surface area contributed by atoms with E-state index >= 15 is 0 Å². The molecule has 0 saturated carbocycles. The van der Waals surface area contributed by atoms with Crippen molar-refractivity contribution >= 4 is 11.8 Å². The Morgan fingerprint density at radius 2 is 1.33 bits per heavy atom. The second-order valence-electron chi connectivity index (χ2n) is 2.10. The van der Waals surface area contributed by atoms with Crippen LogP contribution in [0.5, 0.6) is 0 Å². The van der Waals surface area contributed by atoms with Crippen molar-refractivity contribution < 1.29 is 8.83 Å². The monoisotopic (exact) mass is 162 g/mol. The average molecular weight is 162 g/mol. The van der Waals surface area contributed by atoms with E-state index in [1.165, 1.54) is 12.5 Å². The van der Waals surface area contributed by atoms with E-state index in [1.54, 1.807) is 24.3 Å². The molecule has 2 aromatic rings. The van der Waals surface area contributed by atoms with Crippen molar-refractivity contribution in [2.75, 3.05) is 0 Å². The minimum atomic E-state index is 0.464. The molecule has 2 aromatic heterocycles. The number of hydrogen-bond donors (Lipinski definition) is 0. The van der Waals surface area contributed by atoms with E-state index in [1.807, 2.05) is 0 Å². The lowest BCUT2D eigenvalue weighted by Gasteiger charge is -1.81.